The molecule has 0 spiro atoms. The van der Waals surface area contributed by atoms with Gasteiger partial charge in [0.1, 0.15) is 6.04 Å². The number of rotatable bonds is 4. The first kappa shape index (κ1) is 16.6. The molecule has 148 valence electrons. The van der Waals surface area contributed by atoms with E-state index < -0.39 is 0 Å². The molecule has 9 heteroatoms. The summed E-state index contributed by atoms with van der Waals surface area (Å²) < 4.78 is 7.91. The SMILES string of the molecule is Cc1cccn2nc([C@@H]3c4nc[nH]c4CCN3c3nnc(NC4CCC4)o3)cc12. The lowest BCUT2D eigenvalue weighted by Gasteiger charge is -2.32. The third kappa shape index (κ3) is 2.68. The first-order valence-electron chi connectivity index (χ1n) is 10.1. The van der Waals surface area contributed by atoms with Gasteiger partial charge in [-0.3, -0.25) is 0 Å². The van der Waals surface area contributed by atoms with Crippen LogP contribution in [0, 0.1) is 6.92 Å². The van der Waals surface area contributed by atoms with Crippen molar-refractivity contribution in [3.8, 4) is 0 Å². The fourth-order valence-corrected chi connectivity index (χ4v) is 4.21. The van der Waals surface area contributed by atoms with Crippen LogP contribution in [-0.4, -0.2) is 42.4 Å². The number of nitrogens with one attached hydrogen (secondary N) is 2. The van der Waals surface area contributed by atoms with Crippen LogP contribution in [0.25, 0.3) is 5.52 Å². The van der Waals surface area contributed by atoms with Crippen LogP contribution in [0.4, 0.5) is 12.0 Å². The highest BCUT2D eigenvalue weighted by molar-refractivity contribution is 5.57. The predicted molar refractivity (Wildman–Crippen MR) is 107 cm³/mol. The summed E-state index contributed by atoms with van der Waals surface area (Å²) in [5, 5.41) is 16.7. The Bertz CT molecular complexity index is 1170. The lowest BCUT2D eigenvalue weighted by Crippen LogP contribution is -2.37. The number of aryl methyl sites for hydroxylation is 1. The van der Waals surface area contributed by atoms with E-state index in [2.05, 4.69) is 49.4 Å². The Morgan fingerprint density at radius 3 is 3.03 bits per heavy atom. The van der Waals surface area contributed by atoms with Crippen molar-refractivity contribution in [2.24, 2.45) is 0 Å². The zero-order chi connectivity index (χ0) is 19.4. The molecule has 9 nitrogen and oxygen atoms in total. The molecule has 4 aromatic rings. The van der Waals surface area contributed by atoms with Crippen molar-refractivity contribution in [3.63, 3.8) is 0 Å². The van der Waals surface area contributed by atoms with E-state index in [-0.39, 0.29) is 6.04 Å². The van der Waals surface area contributed by atoms with Crippen molar-refractivity contribution < 1.29 is 4.42 Å². The Hall–Kier alpha value is -3.36. The number of hydrogen-bond donors (Lipinski definition) is 2. The summed E-state index contributed by atoms with van der Waals surface area (Å²) in [6, 6.07) is 7.48. The van der Waals surface area contributed by atoms with Crippen LogP contribution in [0.2, 0.25) is 0 Å². The Kier molecular flexibility index (Phi) is 3.62. The number of nitrogens with zero attached hydrogens (tertiary/aromatic N) is 6. The molecule has 0 unspecified atom stereocenters. The lowest BCUT2D eigenvalue weighted by atomic mass is 9.93. The first-order chi connectivity index (χ1) is 14.3. The van der Waals surface area contributed by atoms with Gasteiger partial charge in [-0.25, -0.2) is 9.50 Å². The van der Waals surface area contributed by atoms with E-state index in [0.29, 0.717) is 18.1 Å². The third-order valence-electron chi connectivity index (χ3n) is 6.03. The molecule has 5 heterocycles. The van der Waals surface area contributed by atoms with Gasteiger partial charge in [0, 0.05) is 30.9 Å². The van der Waals surface area contributed by atoms with Gasteiger partial charge < -0.3 is 19.6 Å². The van der Waals surface area contributed by atoms with Gasteiger partial charge in [0.2, 0.25) is 0 Å². The van der Waals surface area contributed by atoms with E-state index in [0.717, 1.165) is 48.4 Å². The fourth-order valence-electron chi connectivity index (χ4n) is 4.21. The van der Waals surface area contributed by atoms with Gasteiger partial charge in [0.15, 0.2) is 0 Å². The largest absolute Gasteiger partial charge is 0.389 e. The number of hydrogen-bond acceptors (Lipinski definition) is 7. The molecule has 1 aliphatic carbocycles. The second-order valence-corrected chi connectivity index (χ2v) is 7.86. The van der Waals surface area contributed by atoms with Crippen LogP contribution >= 0.6 is 0 Å². The smallest absolute Gasteiger partial charge is 0.320 e. The van der Waals surface area contributed by atoms with Gasteiger partial charge in [-0.1, -0.05) is 16.3 Å². The summed E-state index contributed by atoms with van der Waals surface area (Å²) in [6.07, 6.45) is 8.12. The Morgan fingerprint density at radius 1 is 1.28 bits per heavy atom. The van der Waals surface area contributed by atoms with E-state index in [1.165, 1.54) is 12.0 Å². The highest BCUT2D eigenvalue weighted by Crippen LogP contribution is 2.37. The normalized spacial score (nSPS) is 19.3. The molecular formula is C20H22N8O. The van der Waals surface area contributed by atoms with Gasteiger partial charge in [-0.2, -0.15) is 5.10 Å². The predicted octanol–water partition coefficient (Wildman–Crippen LogP) is 2.87. The molecule has 0 amide bonds. The number of pyridine rings is 1. The minimum Gasteiger partial charge on any atom is -0.389 e. The van der Waals surface area contributed by atoms with E-state index >= 15 is 0 Å². The monoisotopic (exact) mass is 390 g/mol. The highest BCUT2D eigenvalue weighted by Gasteiger charge is 2.36. The average molecular weight is 390 g/mol. The quantitative estimate of drug-likeness (QED) is 0.553. The minimum atomic E-state index is -0.179. The molecule has 0 saturated heterocycles. The third-order valence-corrected chi connectivity index (χ3v) is 6.03. The maximum absolute atomic E-state index is 5.99. The van der Waals surface area contributed by atoms with Gasteiger partial charge >= 0.3 is 12.0 Å². The number of H-pyrrole nitrogens is 1. The molecule has 2 aliphatic rings. The number of imidazole rings is 1. The van der Waals surface area contributed by atoms with Crippen LogP contribution in [0.3, 0.4) is 0 Å². The molecule has 4 aromatic heterocycles. The van der Waals surface area contributed by atoms with E-state index in [9.17, 15) is 0 Å². The zero-order valence-electron chi connectivity index (χ0n) is 16.2. The van der Waals surface area contributed by atoms with Gasteiger partial charge in [-0.05, 0) is 43.9 Å². The summed E-state index contributed by atoms with van der Waals surface area (Å²) in [5.41, 5.74) is 5.28. The maximum atomic E-state index is 5.99. The molecular weight excluding hydrogens is 368 g/mol. The highest BCUT2D eigenvalue weighted by atomic mass is 16.4. The minimum absolute atomic E-state index is 0.179. The molecule has 2 N–H and O–H groups in total. The molecule has 6 rings (SSSR count). The van der Waals surface area contributed by atoms with Gasteiger partial charge in [0.05, 0.1) is 23.2 Å². The summed E-state index contributed by atoms with van der Waals surface area (Å²) in [5.74, 6) is 0. The van der Waals surface area contributed by atoms with E-state index in [1.54, 1.807) is 6.33 Å². The first-order valence-corrected chi connectivity index (χ1v) is 10.1. The number of aromatic nitrogens is 6. The van der Waals surface area contributed by atoms with Crippen molar-refractivity contribution >= 4 is 17.5 Å². The van der Waals surface area contributed by atoms with Crippen molar-refractivity contribution in [3.05, 3.63) is 53.4 Å². The Morgan fingerprint density at radius 2 is 2.21 bits per heavy atom. The van der Waals surface area contributed by atoms with Crippen molar-refractivity contribution in [2.75, 3.05) is 16.8 Å². The van der Waals surface area contributed by atoms with Gasteiger partial charge in [-0.15, -0.1) is 0 Å². The molecule has 1 aliphatic heterocycles. The van der Waals surface area contributed by atoms with Crippen molar-refractivity contribution in [1.29, 1.82) is 0 Å². The topological polar surface area (TPSA) is 100 Å². The van der Waals surface area contributed by atoms with Crippen LogP contribution in [0.15, 0.2) is 35.1 Å². The second kappa shape index (κ2) is 6.33. The van der Waals surface area contributed by atoms with E-state index in [4.69, 9.17) is 9.52 Å². The fraction of sp³-hybridized carbons (Fsp3) is 0.400. The maximum Gasteiger partial charge on any atom is 0.320 e. The molecule has 1 atom stereocenters. The van der Waals surface area contributed by atoms with Crippen LogP contribution < -0.4 is 10.2 Å². The second-order valence-electron chi connectivity index (χ2n) is 7.86. The Balaban J connectivity index is 1.41. The standard InChI is InChI=1S/C20H22N8O/c1-12-4-3-8-28-16(12)10-15(26-28)18-17-14(21-11-22-17)7-9-27(18)20-25-24-19(29-20)23-13-5-2-6-13/h3-4,8,10-11,13,18H,2,5-7,9H2,1H3,(H,21,22)(H,23,24)/t18-/m1/s1. The van der Waals surface area contributed by atoms with Crippen molar-refractivity contribution in [1.82, 2.24) is 29.8 Å². The number of anilines is 2. The Labute approximate surface area is 167 Å². The van der Waals surface area contributed by atoms with Crippen LogP contribution in [0.5, 0.6) is 0 Å². The van der Waals surface area contributed by atoms with Crippen molar-refractivity contribution in [2.45, 2.75) is 44.7 Å². The molecule has 1 saturated carbocycles. The molecule has 1 fully saturated rings. The molecule has 0 aromatic carbocycles. The van der Waals surface area contributed by atoms with Gasteiger partial charge in [0.25, 0.3) is 0 Å². The number of aromatic amines is 1. The summed E-state index contributed by atoms with van der Waals surface area (Å²) in [6.45, 7) is 2.84. The molecule has 0 radical (unpaired) electrons. The zero-order valence-corrected chi connectivity index (χ0v) is 16.2. The summed E-state index contributed by atoms with van der Waals surface area (Å²) >= 11 is 0. The molecule has 29 heavy (non-hydrogen) atoms. The average Bonchev–Trinajstić information content (AvgIpc) is 3.42. The summed E-state index contributed by atoms with van der Waals surface area (Å²) in [7, 11) is 0. The number of fused-ring (bicyclic) bond motifs is 2. The molecule has 0 bridgehead atoms. The van der Waals surface area contributed by atoms with Crippen LogP contribution in [0.1, 0.15) is 47.9 Å². The van der Waals surface area contributed by atoms with E-state index in [1.807, 2.05) is 16.8 Å². The summed E-state index contributed by atoms with van der Waals surface area (Å²) in [4.78, 5) is 9.99. The lowest BCUT2D eigenvalue weighted by molar-refractivity contribution is 0.426. The van der Waals surface area contributed by atoms with Crippen LogP contribution in [-0.2, 0) is 6.42 Å².